The van der Waals surface area contributed by atoms with Crippen molar-refractivity contribution in [2.24, 2.45) is 17.8 Å². The normalized spacial score (nSPS) is 18.6. The summed E-state index contributed by atoms with van der Waals surface area (Å²) in [6, 6.07) is 0. The van der Waals surface area contributed by atoms with E-state index in [-0.39, 0.29) is 0 Å². The summed E-state index contributed by atoms with van der Waals surface area (Å²) in [7, 11) is 0. The molecule has 0 N–H and O–H groups in total. The summed E-state index contributed by atoms with van der Waals surface area (Å²) >= 11 is 0. The lowest BCUT2D eigenvalue weighted by atomic mass is 9.90. The fraction of sp³-hybridized carbons (Fsp3) is 1.00. The van der Waals surface area contributed by atoms with Gasteiger partial charge in [-0.1, -0.05) is 73.1 Å². The highest BCUT2D eigenvalue weighted by molar-refractivity contribution is 4.58. The number of hydrogen-bond acceptors (Lipinski definition) is 0. The average Bonchev–Trinajstić information content (AvgIpc) is 2.20. The highest BCUT2D eigenvalue weighted by Crippen LogP contribution is 2.18. The van der Waals surface area contributed by atoms with E-state index in [4.69, 9.17) is 0 Å². The molecule has 0 spiro atoms. The second-order valence-corrected chi connectivity index (χ2v) is 5.97. The Morgan fingerprint density at radius 1 is 0.667 bits per heavy atom. The van der Waals surface area contributed by atoms with E-state index in [9.17, 15) is 0 Å². The maximum Gasteiger partial charge on any atom is -0.0417 e. The Bertz CT molecular complexity index is 108. The Morgan fingerprint density at radius 2 is 1.00 bits per heavy atom. The second kappa shape index (κ2) is 9.24. The molecule has 1 atom stereocenters. The fourth-order valence-electron chi connectivity index (χ4n) is 2.08. The van der Waals surface area contributed by atoms with E-state index >= 15 is 0 Å². The minimum Gasteiger partial charge on any atom is -0.0628 e. The lowest BCUT2D eigenvalue weighted by Gasteiger charge is -2.16. The molecule has 0 saturated heterocycles. The summed E-state index contributed by atoms with van der Waals surface area (Å²) in [6.07, 6.45) is 10.4. The van der Waals surface area contributed by atoms with E-state index in [1.807, 2.05) is 0 Å². The van der Waals surface area contributed by atoms with Crippen LogP contribution in [0.5, 0.6) is 0 Å². The van der Waals surface area contributed by atoms with Crippen LogP contribution in [0.15, 0.2) is 0 Å². The third-order valence-corrected chi connectivity index (χ3v) is 3.48. The predicted molar refractivity (Wildman–Crippen MR) is 71.2 cm³/mol. The summed E-state index contributed by atoms with van der Waals surface area (Å²) in [4.78, 5) is 0. The van der Waals surface area contributed by atoms with Gasteiger partial charge in [-0.25, -0.2) is 0 Å². The minimum atomic E-state index is 0.854. The molecule has 0 amide bonds. The second-order valence-electron chi connectivity index (χ2n) is 5.97. The molecule has 1 aliphatic rings. The van der Waals surface area contributed by atoms with Gasteiger partial charge in [-0.05, 0) is 24.2 Å². The average molecular weight is 212 g/mol. The molecule has 0 aromatic heterocycles. The summed E-state index contributed by atoms with van der Waals surface area (Å²) < 4.78 is 0. The van der Waals surface area contributed by atoms with Crippen LogP contribution < -0.4 is 0 Å². The Balaban J connectivity index is 0.000000280. The Hall–Kier alpha value is 0. The van der Waals surface area contributed by atoms with Crippen LogP contribution in [-0.2, 0) is 0 Å². The maximum atomic E-state index is 2.34. The van der Waals surface area contributed by atoms with Crippen LogP contribution in [0, 0.1) is 17.8 Å². The van der Waals surface area contributed by atoms with Gasteiger partial charge in [-0.2, -0.15) is 0 Å². The molecule has 1 rings (SSSR count). The molecule has 0 bridgehead atoms. The zero-order valence-corrected chi connectivity index (χ0v) is 11.7. The third-order valence-electron chi connectivity index (χ3n) is 3.48. The Labute approximate surface area is 97.8 Å². The molecular weight excluding hydrogens is 180 g/mol. The van der Waals surface area contributed by atoms with Gasteiger partial charge in [-0.3, -0.25) is 0 Å². The molecule has 0 aromatic carbocycles. The Kier molecular flexibility index (Phi) is 9.24. The van der Waals surface area contributed by atoms with Crippen LogP contribution in [0.3, 0.4) is 0 Å². The van der Waals surface area contributed by atoms with E-state index in [1.165, 1.54) is 44.9 Å². The van der Waals surface area contributed by atoms with E-state index in [0.717, 1.165) is 17.8 Å². The van der Waals surface area contributed by atoms with Crippen LogP contribution >= 0.6 is 0 Å². The molecular formula is C15H32. The molecule has 1 unspecified atom stereocenters. The van der Waals surface area contributed by atoms with Crippen LogP contribution in [-0.4, -0.2) is 0 Å². The minimum absolute atomic E-state index is 0.854. The van der Waals surface area contributed by atoms with Crippen LogP contribution in [0.1, 0.15) is 79.6 Å². The molecule has 1 saturated carbocycles. The molecule has 1 fully saturated rings. The van der Waals surface area contributed by atoms with Crippen molar-refractivity contribution in [3.05, 3.63) is 0 Å². The van der Waals surface area contributed by atoms with Crippen molar-refractivity contribution >= 4 is 0 Å². The van der Waals surface area contributed by atoms with Crippen molar-refractivity contribution in [1.29, 1.82) is 0 Å². The van der Waals surface area contributed by atoms with Crippen molar-refractivity contribution in [3.63, 3.8) is 0 Å². The lowest BCUT2D eigenvalue weighted by molar-refractivity contribution is 0.344. The molecule has 92 valence electrons. The zero-order chi connectivity index (χ0) is 11.7. The van der Waals surface area contributed by atoms with Gasteiger partial charge in [0.2, 0.25) is 0 Å². The number of hydrogen-bond donors (Lipinski definition) is 0. The molecule has 0 nitrogen and oxygen atoms in total. The zero-order valence-electron chi connectivity index (χ0n) is 11.7. The first kappa shape index (κ1) is 15.0. The van der Waals surface area contributed by atoms with Gasteiger partial charge in [-0.15, -0.1) is 0 Å². The molecule has 0 heteroatoms. The monoisotopic (exact) mass is 212 g/mol. The van der Waals surface area contributed by atoms with Gasteiger partial charge in [0.05, 0.1) is 0 Å². The van der Waals surface area contributed by atoms with E-state index in [2.05, 4.69) is 34.6 Å². The topological polar surface area (TPSA) is 0 Å². The van der Waals surface area contributed by atoms with E-state index < -0.39 is 0 Å². The first-order valence-corrected chi connectivity index (χ1v) is 7.04. The molecule has 0 radical (unpaired) electrons. The first-order valence-electron chi connectivity index (χ1n) is 7.04. The number of rotatable bonds is 3. The maximum absolute atomic E-state index is 2.34. The first-order chi connectivity index (χ1) is 7.04. The molecule has 15 heavy (non-hydrogen) atoms. The van der Waals surface area contributed by atoms with Crippen molar-refractivity contribution in [2.45, 2.75) is 79.6 Å². The van der Waals surface area contributed by atoms with Crippen LogP contribution in [0.25, 0.3) is 0 Å². The van der Waals surface area contributed by atoms with Crippen molar-refractivity contribution in [3.8, 4) is 0 Å². The highest BCUT2D eigenvalue weighted by atomic mass is 14.1. The van der Waals surface area contributed by atoms with Gasteiger partial charge >= 0.3 is 0 Å². The summed E-state index contributed by atoms with van der Waals surface area (Å²) in [5, 5.41) is 0. The van der Waals surface area contributed by atoms with Gasteiger partial charge in [0.1, 0.15) is 0 Å². The third kappa shape index (κ3) is 10.3. The standard InChI is InChI=1S/C9H20.C6H12/c1-7(2)6-9(5)8(3)4;1-2-4-6-5-3-1/h7-9H,6H2,1-5H3;1-6H2. The van der Waals surface area contributed by atoms with Gasteiger partial charge in [0.15, 0.2) is 0 Å². The summed E-state index contributed by atoms with van der Waals surface area (Å²) in [5.41, 5.74) is 0. The molecule has 0 aromatic rings. The van der Waals surface area contributed by atoms with Gasteiger partial charge in [0.25, 0.3) is 0 Å². The molecule has 0 aliphatic heterocycles. The smallest absolute Gasteiger partial charge is 0.0417 e. The van der Waals surface area contributed by atoms with Crippen LogP contribution in [0.4, 0.5) is 0 Å². The van der Waals surface area contributed by atoms with Crippen molar-refractivity contribution in [2.75, 3.05) is 0 Å². The van der Waals surface area contributed by atoms with Gasteiger partial charge in [0, 0.05) is 0 Å². The van der Waals surface area contributed by atoms with Gasteiger partial charge < -0.3 is 0 Å². The summed E-state index contributed by atoms with van der Waals surface area (Å²) in [5.74, 6) is 2.61. The lowest BCUT2D eigenvalue weighted by Crippen LogP contribution is -2.06. The molecule has 0 heterocycles. The fourth-order valence-corrected chi connectivity index (χ4v) is 2.08. The largest absolute Gasteiger partial charge is 0.0628 e. The Morgan fingerprint density at radius 3 is 1.13 bits per heavy atom. The predicted octanol–water partition coefficient (Wildman–Crippen LogP) is 5.67. The van der Waals surface area contributed by atoms with Crippen LogP contribution in [0.2, 0.25) is 0 Å². The van der Waals surface area contributed by atoms with E-state index in [1.54, 1.807) is 0 Å². The SMILES string of the molecule is C1CCCCC1.CC(C)CC(C)C(C)C. The summed E-state index contributed by atoms with van der Waals surface area (Å²) in [6.45, 7) is 11.5. The highest BCUT2D eigenvalue weighted by Gasteiger charge is 2.07. The molecule has 1 aliphatic carbocycles. The quantitative estimate of drug-likeness (QED) is 0.566. The van der Waals surface area contributed by atoms with E-state index in [0.29, 0.717) is 0 Å². The van der Waals surface area contributed by atoms with Crippen molar-refractivity contribution < 1.29 is 0 Å². The van der Waals surface area contributed by atoms with Crippen molar-refractivity contribution in [1.82, 2.24) is 0 Å².